The lowest BCUT2D eigenvalue weighted by Crippen LogP contribution is -1.95. The maximum atomic E-state index is 8.86. The number of ether oxygens (including phenoxy) is 2. The van der Waals surface area contributed by atoms with Crippen molar-refractivity contribution in [3.05, 3.63) is 45.4 Å². The fourth-order valence-electron chi connectivity index (χ4n) is 1.98. The van der Waals surface area contributed by atoms with Crippen LogP contribution in [0.1, 0.15) is 21.1 Å². The van der Waals surface area contributed by atoms with Crippen molar-refractivity contribution in [1.82, 2.24) is 4.98 Å². The van der Waals surface area contributed by atoms with Gasteiger partial charge in [0.05, 0.1) is 36.9 Å². The predicted molar refractivity (Wildman–Crippen MR) is 77.9 cm³/mol. The van der Waals surface area contributed by atoms with Gasteiger partial charge in [0.25, 0.3) is 0 Å². The molecule has 0 saturated carbocycles. The van der Waals surface area contributed by atoms with E-state index in [1.165, 1.54) is 0 Å². The van der Waals surface area contributed by atoms with Gasteiger partial charge < -0.3 is 9.47 Å². The van der Waals surface area contributed by atoms with Gasteiger partial charge in [-0.15, -0.1) is 11.3 Å². The highest BCUT2D eigenvalue weighted by Crippen LogP contribution is 2.26. The molecule has 0 spiro atoms. The molecule has 0 unspecified atom stereocenters. The van der Waals surface area contributed by atoms with Gasteiger partial charge in [0, 0.05) is 24.0 Å². The monoisotopic (exact) mass is 288 g/mol. The van der Waals surface area contributed by atoms with Crippen LogP contribution < -0.4 is 4.74 Å². The number of hydrogen-bond donors (Lipinski definition) is 0. The van der Waals surface area contributed by atoms with Gasteiger partial charge in [0.1, 0.15) is 5.75 Å². The Morgan fingerprint density at radius 1 is 1.30 bits per heavy atom. The zero-order valence-electron chi connectivity index (χ0n) is 11.5. The van der Waals surface area contributed by atoms with Gasteiger partial charge in [0.2, 0.25) is 0 Å². The molecule has 1 heterocycles. The van der Waals surface area contributed by atoms with Crippen LogP contribution in [0.3, 0.4) is 0 Å². The molecule has 20 heavy (non-hydrogen) atoms. The molecule has 0 saturated heterocycles. The molecule has 0 bridgehead atoms. The number of hydrogen-bond acceptors (Lipinski definition) is 5. The van der Waals surface area contributed by atoms with E-state index in [-0.39, 0.29) is 0 Å². The van der Waals surface area contributed by atoms with Crippen molar-refractivity contribution in [3.8, 4) is 11.8 Å². The summed E-state index contributed by atoms with van der Waals surface area (Å²) in [5, 5.41) is 9.84. The Morgan fingerprint density at radius 2 is 2.10 bits per heavy atom. The molecule has 0 radical (unpaired) electrons. The third kappa shape index (κ3) is 3.35. The Morgan fingerprint density at radius 3 is 2.80 bits per heavy atom. The molecular weight excluding hydrogens is 272 g/mol. The first kappa shape index (κ1) is 14.5. The molecule has 0 aliphatic carbocycles. The topological polar surface area (TPSA) is 55.1 Å². The Kier molecular flexibility index (Phi) is 5.10. The van der Waals surface area contributed by atoms with Crippen molar-refractivity contribution in [2.24, 2.45) is 0 Å². The second-order valence-electron chi connectivity index (χ2n) is 4.23. The zero-order chi connectivity index (χ0) is 14.4. The summed E-state index contributed by atoms with van der Waals surface area (Å²) >= 11 is 1.57. The van der Waals surface area contributed by atoms with Gasteiger partial charge in [-0.25, -0.2) is 4.98 Å². The molecule has 1 aromatic heterocycles. The van der Waals surface area contributed by atoms with Crippen LogP contribution in [0.15, 0.2) is 24.3 Å². The van der Waals surface area contributed by atoms with E-state index in [0.717, 1.165) is 26.9 Å². The van der Waals surface area contributed by atoms with Crippen LogP contribution in [0.4, 0.5) is 0 Å². The maximum Gasteiger partial charge on any atom is 0.122 e. The van der Waals surface area contributed by atoms with Crippen LogP contribution in [0, 0.1) is 11.3 Å². The first-order valence-electron chi connectivity index (χ1n) is 6.23. The second-order valence-corrected chi connectivity index (χ2v) is 5.40. The van der Waals surface area contributed by atoms with Crippen molar-refractivity contribution in [2.45, 2.75) is 19.4 Å². The van der Waals surface area contributed by atoms with E-state index in [9.17, 15) is 0 Å². The number of para-hydroxylation sites is 1. The van der Waals surface area contributed by atoms with Crippen molar-refractivity contribution in [2.75, 3.05) is 14.2 Å². The zero-order valence-corrected chi connectivity index (χ0v) is 12.4. The lowest BCUT2D eigenvalue weighted by atomic mass is 10.1. The number of nitrogens with zero attached hydrogens (tertiary/aromatic N) is 2. The second kappa shape index (κ2) is 7.04. The number of nitriles is 1. The summed E-state index contributed by atoms with van der Waals surface area (Å²) < 4.78 is 10.5. The minimum Gasteiger partial charge on any atom is -0.496 e. The summed E-state index contributed by atoms with van der Waals surface area (Å²) in [4.78, 5) is 5.56. The molecule has 1 aromatic carbocycles. The molecular formula is C15H16N2O2S. The van der Waals surface area contributed by atoms with Crippen LogP contribution in [0.2, 0.25) is 0 Å². The van der Waals surface area contributed by atoms with E-state index < -0.39 is 0 Å². The fourth-order valence-corrected chi connectivity index (χ4v) is 3.01. The summed E-state index contributed by atoms with van der Waals surface area (Å²) in [6.07, 6.45) is 1.08. The van der Waals surface area contributed by atoms with Gasteiger partial charge in [-0.1, -0.05) is 18.2 Å². The Bertz CT molecular complexity index is 617. The summed E-state index contributed by atoms with van der Waals surface area (Å²) in [6.45, 7) is 0.444. The van der Waals surface area contributed by atoms with Crippen molar-refractivity contribution in [1.29, 1.82) is 5.26 Å². The van der Waals surface area contributed by atoms with Gasteiger partial charge in [-0.3, -0.25) is 0 Å². The number of rotatable bonds is 6. The third-order valence-electron chi connectivity index (χ3n) is 2.88. The van der Waals surface area contributed by atoms with Crippen molar-refractivity contribution >= 4 is 11.3 Å². The molecule has 104 valence electrons. The average molecular weight is 288 g/mol. The van der Waals surface area contributed by atoms with E-state index in [1.54, 1.807) is 25.6 Å². The predicted octanol–water partition coefficient (Wildman–Crippen LogP) is 2.95. The highest BCUT2D eigenvalue weighted by molar-refractivity contribution is 7.11. The molecule has 0 aliphatic heterocycles. The van der Waals surface area contributed by atoms with Gasteiger partial charge in [-0.2, -0.15) is 5.26 Å². The fraction of sp³-hybridized carbons (Fsp3) is 0.333. The summed E-state index contributed by atoms with van der Waals surface area (Å²) in [5.41, 5.74) is 1.96. The van der Waals surface area contributed by atoms with E-state index >= 15 is 0 Å². The number of benzene rings is 1. The summed E-state index contributed by atoms with van der Waals surface area (Å²) in [5.74, 6) is 0.859. The SMILES string of the molecule is COCc1nc(Cc2ccccc2OC)sc1CC#N. The smallest absolute Gasteiger partial charge is 0.122 e. The molecule has 0 atom stereocenters. The largest absolute Gasteiger partial charge is 0.496 e. The molecule has 2 rings (SSSR count). The van der Waals surface area contributed by atoms with E-state index in [4.69, 9.17) is 14.7 Å². The third-order valence-corrected chi connectivity index (χ3v) is 3.98. The molecule has 0 N–H and O–H groups in total. The Hall–Kier alpha value is -1.90. The minimum atomic E-state index is 0.377. The van der Waals surface area contributed by atoms with E-state index in [1.807, 2.05) is 24.3 Å². The first-order valence-corrected chi connectivity index (χ1v) is 7.05. The molecule has 5 heteroatoms. The van der Waals surface area contributed by atoms with E-state index in [2.05, 4.69) is 11.1 Å². The molecule has 4 nitrogen and oxygen atoms in total. The average Bonchev–Trinajstić information content (AvgIpc) is 2.82. The van der Waals surface area contributed by atoms with Crippen LogP contribution in [-0.4, -0.2) is 19.2 Å². The highest BCUT2D eigenvalue weighted by atomic mass is 32.1. The maximum absolute atomic E-state index is 8.86. The standard InChI is InChI=1S/C15H16N2O2S/c1-18-10-12-14(7-8-16)20-15(17-12)9-11-5-3-4-6-13(11)19-2/h3-6H,7,9-10H2,1-2H3. The van der Waals surface area contributed by atoms with Crippen LogP contribution >= 0.6 is 11.3 Å². The van der Waals surface area contributed by atoms with E-state index in [0.29, 0.717) is 19.4 Å². The summed E-state index contributed by atoms with van der Waals surface area (Å²) in [6, 6.07) is 10.1. The number of aromatic nitrogens is 1. The minimum absolute atomic E-state index is 0.377. The Balaban J connectivity index is 2.25. The first-order chi connectivity index (χ1) is 9.78. The van der Waals surface area contributed by atoms with Crippen molar-refractivity contribution < 1.29 is 9.47 Å². The lowest BCUT2D eigenvalue weighted by molar-refractivity contribution is 0.181. The number of methoxy groups -OCH3 is 2. The van der Waals surface area contributed by atoms with Crippen LogP contribution in [0.5, 0.6) is 5.75 Å². The molecule has 0 fully saturated rings. The van der Waals surface area contributed by atoms with Gasteiger partial charge in [0.15, 0.2) is 0 Å². The van der Waals surface area contributed by atoms with Gasteiger partial charge >= 0.3 is 0 Å². The van der Waals surface area contributed by atoms with Crippen LogP contribution in [-0.2, 0) is 24.2 Å². The van der Waals surface area contributed by atoms with Crippen molar-refractivity contribution in [3.63, 3.8) is 0 Å². The Labute approximate surface area is 122 Å². The van der Waals surface area contributed by atoms with Crippen LogP contribution in [0.25, 0.3) is 0 Å². The summed E-state index contributed by atoms with van der Waals surface area (Å²) in [7, 11) is 3.30. The quantitative estimate of drug-likeness (QED) is 0.820. The molecule has 2 aromatic rings. The number of thiazole rings is 1. The highest BCUT2D eigenvalue weighted by Gasteiger charge is 2.12. The normalized spacial score (nSPS) is 10.2. The lowest BCUT2D eigenvalue weighted by Gasteiger charge is -2.05. The molecule has 0 aliphatic rings. The molecule has 0 amide bonds. The van der Waals surface area contributed by atoms with Gasteiger partial charge in [-0.05, 0) is 6.07 Å².